The Balaban J connectivity index is 3.36. The molecule has 0 fully saturated rings. The van der Waals surface area contributed by atoms with E-state index in [1.165, 1.54) is 0 Å². The number of carboxylic acid groups (broad SMARTS) is 1. The molecule has 0 bridgehead atoms. The van der Waals surface area contributed by atoms with Gasteiger partial charge in [-0.2, -0.15) is 13.2 Å². The molecule has 5 N–H and O–H groups in total. The summed E-state index contributed by atoms with van der Waals surface area (Å²) in [6.45, 7) is -0.423. The van der Waals surface area contributed by atoms with E-state index in [0.717, 1.165) is 6.07 Å². The first-order valence-corrected chi connectivity index (χ1v) is 4.75. The summed E-state index contributed by atoms with van der Waals surface area (Å²) in [7, 11) is 0. The monoisotopic (exact) mass is 265 g/mol. The molecule has 1 atom stereocenters. The Bertz CT molecular complexity index is 473. The molecular weight excluding hydrogens is 255 g/mol. The molecule has 1 aromatic carbocycles. The third kappa shape index (κ3) is 2.48. The highest BCUT2D eigenvalue weighted by atomic mass is 19.4. The molecule has 0 aliphatic carbocycles. The number of phenols is 2. The number of aliphatic carboxylic acids is 1. The van der Waals surface area contributed by atoms with Crippen molar-refractivity contribution in [3.8, 4) is 11.5 Å². The van der Waals surface area contributed by atoms with E-state index in [9.17, 15) is 28.2 Å². The van der Waals surface area contributed by atoms with Crippen LogP contribution in [0.4, 0.5) is 13.2 Å². The van der Waals surface area contributed by atoms with Gasteiger partial charge < -0.3 is 21.1 Å². The van der Waals surface area contributed by atoms with Crippen molar-refractivity contribution < 1.29 is 33.3 Å². The Hall–Kier alpha value is -1.96. The Labute approximate surface area is 99.3 Å². The number of aromatic hydroxyl groups is 2. The second-order valence-electron chi connectivity index (χ2n) is 3.52. The predicted octanol–water partition coefficient (Wildman–Crippen LogP) is 1.24. The average Bonchev–Trinajstić information content (AvgIpc) is 2.23. The normalized spacial score (nSPS) is 13.3. The number of hydrogen-bond acceptors (Lipinski definition) is 4. The highest BCUT2D eigenvalue weighted by Gasteiger charge is 2.36. The van der Waals surface area contributed by atoms with Crippen LogP contribution in [-0.4, -0.2) is 27.8 Å². The van der Waals surface area contributed by atoms with E-state index in [1.807, 2.05) is 0 Å². The summed E-state index contributed by atoms with van der Waals surface area (Å²) in [6, 6.07) is 1.28. The highest BCUT2D eigenvalue weighted by Crippen LogP contribution is 2.43. The number of nitrogens with two attached hydrogens (primary N) is 1. The molecular formula is C10H10F3NO4. The number of halogens is 3. The molecule has 1 aromatic rings. The number of carbonyl (C=O) groups is 1. The van der Waals surface area contributed by atoms with Crippen LogP contribution in [0, 0.1) is 0 Å². The summed E-state index contributed by atoms with van der Waals surface area (Å²) in [5.74, 6) is -5.33. The Morgan fingerprint density at radius 2 is 1.83 bits per heavy atom. The van der Waals surface area contributed by atoms with E-state index < -0.39 is 41.7 Å². The van der Waals surface area contributed by atoms with E-state index in [-0.39, 0.29) is 5.56 Å². The summed E-state index contributed by atoms with van der Waals surface area (Å²) in [4.78, 5) is 10.8. The third-order valence-corrected chi connectivity index (χ3v) is 2.40. The summed E-state index contributed by atoms with van der Waals surface area (Å²) < 4.78 is 37.2. The third-order valence-electron chi connectivity index (χ3n) is 2.40. The standard InChI is InChI=1S/C10H10F3NO4/c11-10(12,13)6-2-1-4(7(15)8(6)16)5(3-14)9(17)18/h1-2,5,15-16H,3,14H2,(H,17,18). The highest BCUT2D eigenvalue weighted by molar-refractivity contribution is 5.78. The molecule has 0 aromatic heterocycles. The second kappa shape index (κ2) is 4.73. The van der Waals surface area contributed by atoms with Crippen LogP contribution in [0.5, 0.6) is 11.5 Å². The van der Waals surface area contributed by atoms with Crippen molar-refractivity contribution in [1.82, 2.24) is 0 Å². The molecule has 0 radical (unpaired) electrons. The zero-order valence-electron chi connectivity index (χ0n) is 8.90. The van der Waals surface area contributed by atoms with E-state index in [1.54, 1.807) is 0 Å². The average molecular weight is 265 g/mol. The molecule has 0 spiro atoms. The quantitative estimate of drug-likeness (QED) is 0.616. The SMILES string of the molecule is NCC(C(=O)O)c1ccc(C(F)(F)F)c(O)c1O. The minimum atomic E-state index is -4.85. The minimum absolute atomic E-state index is 0.365. The lowest BCUT2D eigenvalue weighted by atomic mass is 9.96. The molecule has 0 aliphatic rings. The van der Waals surface area contributed by atoms with Crippen LogP contribution < -0.4 is 5.73 Å². The van der Waals surface area contributed by atoms with E-state index in [2.05, 4.69) is 0 Å². The first-order chi connectivity index (χ1) is 8.20. The van der Waals surface area contributed by atoms with Crippen molar-refractivity contribution in [2.75, 3.05) is 6.54 Å². The maximum Gasteiger partial charge on any atom is 0.420 e. The van der Waals surface area contributed by atoms with Gasteiger partial charge in [0.05, 0.1) is 5.92 Å². The lowest BCUT2D eigenvalue weighted by molar-refractivity contribution is -0.139. The Morgan fingerprint density at radius 1 is 1.28 bits per heavy atom. The molecule has 0 heterocycles. The first kappa shape index (κ1) is 14.1. The number of rotatable bonds is 3. The number of alkyl halides is 3. The topological polar surface area (TPSA) is 104 Å². The van der Waals surface area contributed by atoms with Gasteiger partial charge in [0.2, 0.25) is 0 Å². The molecule has 18 heavy (non-hydrogen) atoms. The van der Waals surface area contributed by atoms with Crippen molar-refractivity contribution in [2.24, 2.45) is 5.73 Å². The van der Waals surface area contributed by atoms with Crippen LogP contribution in [0.1, 0.15) is 17.0 Å². The van der Waals surface area contributed by atoms with Crippen LogP contribution in [-0.2, 0) is 11.0 Å². The van der Waals surface area contributed by atoms with Gasteiger partial charge in [0.25, 0.3) is 0 Å². The molecule has 0 saturated carbocycles. The fraction of sp³-hybridized carbons (Fsp3) is 0.300. The lowest BCUT2D eigenvalue weighted by Crippen LogP contribution is -2.21. The van der Waals surface area contributed by atoms with E-state index in [0.29, 0.717) is 6.07 Å². The zero-order valence-corrected chi connectivity index (χ0v) is 8.90. The van der Waals surface area contributed by atoms with Crippen molar-refractivity contribution in [3.05, 3.63) is 23.3 Å². The van der Waals surface area contributed by atoms with Crippen LogP contribution in [0.3, 0.4) is 0 Å². The number of phenolic OH excluding ortho intramolecular Hbond substituents is 2. The zero-order chi connectivity index (χ0) is 14.1. The second-order valence-corrected chi connectivity index (χ2v) is 3.52. The largest absolute Gasteiger partial charge is 0.504 e. The molecule has 0 amide bonds. The van der Waals surface area contributed by atoms with Gasteiger partial charge in [-0.15, -0.1) is 0 Å². The number of carboxylic acids is 1. The Morgan fingerprint density at radius 3 is 2.22 bits per heavy atom. The maximum absolute atomic E-state index is 12.4. The van der Waals surface area contributed by atoms with Gasteiger partial charge in [0.1, 0.15) is 5.56 Å². The summed E-state index contributed by atoms with van der Waals surface area (Å²) in [6.07, 6.45) is -4.85. The van der Waals surface area contributed by atoms with E-state index in [4.69, 9.17) is 10.8 Å². The Kier molecular flexibility index (Phi) is 3.70. The van der Waals surface area contributed by atoms with Gasteiger partial charge in [0, 0.05) is 12.1 Å². The lowest BCUT2D eigenvalue weighted by Gasteiger charge is -2.16. The van der Waals surface area contributed by atoms with Crippen LogP contribution >= 0.6 is 0 Å². The van der Waals surface area contributed by atoms with Gasteiger partial charge in [-0.25, -0.2) is 0 Å². The molecule has 5 nitrogen and oxygen atoms in total. The van der Waals surface area contributed by atoms with Gasteiger partial charge in [-0.05, 0) is 6.07 Å². The van der Waals surface area contributed by atoms with Gasteiger partial charge in [0.15, 0.2) is 11.5 Å². The van der Waals surface area contributed by atoms with Gasteiger partial charge >= 0.3 is 12.1 Å². The van der Waals surface area contributed by atoms with Crippen LogP contribution in [0.2, 0.25) is 0 Å². The molecule has 100 valence electrons. The van der Waals surface area contributed by atoms with Crippen LogP contribution in [0.15, 0.2) is 12.1 Å². The summed E-state index contributed by atoms with van der Waals surface area (Å²) >= 11 is 0. The van der Waals surface area contributed by atoms with E-state index >= 15 is 0 Å². The smallest absolute Gasteiger partial charge is 0.420 e. The molecule has 0 aliphatic heterocycles. The minimum Gasteiger partial charge on any atom is -0.504 e. The molecule has 1 rings (SSSR count). The summed E-state index contributed by atoms with van der Waals surface area (Å²) in [5, 5.41) is 27.4. The maximum atomic E-state index is 12.4. The van der Waals surface area contributed by atoms with Gasteiger partial charge in [-0.1, -0.05) is 6.07 Å². The summed E-state index contributed by atoms with van der Waals surface area (Å²) in [5.41, 5.74) is 3.35. The number of hydrogen-bond donors (Lipinski definition) is 4. The molecule has 1 unspecified atom stereocenters. The van der Waals surface area contributed by atoms with Crippen molar-refractivity contribution in [1.29, 1.82) is 0 Å². The van der Waals surface area contributed by atoms with Crippen molar-refractivity contribution in [3.63, 3.8) is 0 Å². The first-order valence-electron chi connectivity index (χ1n) is 4.75. The van der Waals surface area contributed by atoms with Crippen molar-refractivity contribution >= 4 is 5.97 Å². The predicted molar refractivity (Wildman–Crippen MR) is 54.2 cm³/mol. The van der Waals surface area contributed by atoms with Gasteiger partial charge in [-0.3, -0.25) is 4.79 Å². The van der Waals surface area contributed by atoms with Crippen molar-refractivity contribution in [2.45, 2.75) is 12.1 Å². The van der Waals surface area contributed by atoms with Crippen LogP contribution in [0.25, 0.3) is 0 Å². The molecule has 8 heteroatoms. The number of benzene rings is 1. The fourth-order valence-electron chi connectivity index (χ4n) is 1.47. The fourth-order valence-corrected chi connectivity index (χ4v) is 1.47. The molecule has 0 saturated heterocycles.